The second kappa shape index (κ2) is 8.56. The monoisotopic (exact) mass is 421 g/mol. The van der Waals surface area contributed by atoms with Crippen LogP contribution in [0.5, 0.6) is 11.5 Å². The van der Waals surface area contributed by atoms with Gasteiger partial charge in [0.15, 0.2) is 17.3 Å². The summed E-state index contributed by atoms with van der Waals surface area (Å²) in [5.41, 5.74) is 2.52. The number of carbonyl (C=O) groups excluding carboxylic acids is 1. The van der Waals surface area contributed by atoms with Crippen LogP contribution in [0.15, 0.2) is 29.2 Å². The van der Waals surface area contributed by atoms with Gasteiger partial charge in [0.2, 0.25) is 10.0 Å². The Morgan fingerprint density at radius 1 is 1.03 bits per heavy atom. The minimum Gasteiger partial charge on any atom is -0.493 e. The number of sulfonamides is 1. The number of nitrogens with one attached hydrogen (secondary N) is 1. The van der Waals surface area contributed by atoms with Gasteiger partial charge in [-0.2, -0.15) is 4.31 Å². The molecule has 0 unspecified atom stereocenters. The van der Waals surface area contributed by atoms with E-state index in [-0.39, 0.29) is 17.2 Å². The molecule has 8 nitrogen and oxygen atoms in total. The zero-order chi connectivity index (χ0) is 21.2. The first kappa shape index (κ1) is 21.4. The fourth-order valence-corrected chi connectivity index (χ4v) is 4.99. The number of rotatable bonds is 7. The molecule has 1 aromatic heterocycles. The van der Waals surface area contributed by atoms with Crippen LogP contribution in [0.25, 0.3) is 0 Å². The van der Waals surface area contributed by atoms with Crippen LogP contribution >= 0.6 is 0 Å². The first-order valence-corrected chi connectivity index (χ1v) is 10.8. The molecule has 1 fully saturated rings. The van der Waals surface area contributed by atoms with Gasteiger partial charge in [-0.25, -0.2) is 8.42 Å². The van der Waals surface area contributed by atoms with E-state index < -0.39 is 10.0 Å². The third kappa shape index (κ3) is 4.47. The summed E-state index contributed by atoms with van der Waals surface area (Å²) in [6.07, 6.45) is 0. The van der Waals surface area contributed by atoms with Crippen LogP contribution in [0.1, 0.15) is 21.7 Å². The van der Waals surface area contributed by atoms with E-state index in [1.807, 2.05) is 24.8 Å². The predicted octanol–water partition coefficient (Wildman–Crippen LogP) is 1.84. The van der Waals surface area contributed by atoms with Gasteiger partial charge in [0, 0.05) is 49.2 Å². The van der Waals surface area contributed by atoms with Gasteiger partial charge in [-0.05, 0) is 32.0 Å². The van der Waals surface area contributed by atoms with Crippen molar-refractivity contribution in [3.05, 3.63) is 41.2 Å². The average molecular weight is 422 g/mol. The van der Waals surface area contributed by atoms with Crippen molar-refractivity contribution in [2.75, 3.05) is 46.9 Å². The zero-order valence-electron chi connectivity index (χ0n) is 17.2. The number of carbonyl (C=O) groups is 1. The second-order valence-corrected chi connectivity index (χ2v) is 9.05. The Labute approximate surface area is 171 Å². The minimum atomic E-state index is -3.65. The number of hydrogen-bond donors (Lipinski definition) is 1. The number of ketones is 1. The molecule has 0 aliphatic carbocycles. The van der Waals surface area contributed by atoms with Crippen LogP contribution in [-0.2, 0) is 10.0 Å². The Hall–Kier alpha value is -2.36. The van der Waals surface area contributed by atoms with Crippen LogP contribution in [-0.4, -0.2) is 75.3 Å². The summed E-state index contributed by atoms with van der Waals surface area (Å²) in [5, 5.41) is 0. The molecular formula is C20H27N3O5S. The highest BCUT2D eigenvalue weighted by molar-refractivity contribution is 7.89. The molecule has 2 heterocycles. The molecule has 9 heteroatoms. The molecule has 1 N–H and O–H groups in total. The Morgan fingerprint density at radius 2 is 1.69 bits per heavy atom. The average Bonchev–Trinajstić information content (AvgIpc) is 3.06. The van der Waals surface area contributed by atoms with Crippen molar-refractivity contribution in [2.45, 2.75) is 18.7 Å². The van der Waals surface area contributed by atoms with Crippen molar-refractivity contribution >= 4 is 15.8 Å². The molecule has 0 amide bonds. The number of piperazine rings is 1. The van der Waals surface area contributed by atoms with Gasteiger partial charge in [-0.3, -0.25) is 9.69 Å². The van der Waals surface area contributed by atoms with E-state index in [0.717, 1.165) is 11.4 Å². The molecule has 3 rings (SSSR count). The smallest absolute Gasteiger partial charge is 0.243 e. The number of H-pyrrole nitrogens is 1. The van der Waals surface area contributed by atoms with E-state index in [2.05, 4.69) is 4.98 Å². The van der Waals surface area contributed by atoms with Gasteiger partial charge in [0.1, 0.15) is 0 Å². The minimum absolute atomic E-state index is 0.0445. The molecule has 2 aromatic rings. The van der Waals surface area contributed by atoms with Gasteiger partial charge >= 0.3 is 0 Å². The van der Waals surface area contributed by atoms with E-state index in [0.29, 0.717) is 43.2 Å². The lowest BCUT2D eigenvalue weighted by Crippen LogP contribution is -2.49. The van der Waals surface area contributed by atoms with E-state index >= 15 is 0 Å². The van der Waals surface area contributed by atoms with Crippen LogP contribution in [0.2, 0.25) is 0 Å². The van der Waals surface area contributed by atoms with Crippen molar-refractivity contribution in [3.63, 3.8) is 0 Å². The fraction of sp³-hybridized carbons (Fsp3) is 0.450. The van der Waals surface area contributed by atoms with Gasteiger partial charge in [-0.15, -0.1) is 0 Å². The van der Waals surface area contributed by atoms with Crippen LogP contribution in [0.3, 0.4) is 0 Å². The van der Waals surface area contributed by atoms with Crippen molar-refractivity contribution in [1.82, 2.24) is 14.2 Å². The molecule has 0 atom stereocenters. The largest absolute Gasteiger partial charge is 0.493 e. The second-order valence-electron chi connectivity index (χ2n) is 7.11. The number of hydrogen-bond acceptors (Lipinski definition) is 6. The molecular weight excluding hydrogens is 394 g/mol. The van der Waals surface area contributed by atoms with Crippen molar-refractivity contribution in [3.8, 4) is 11.5 Å². The lowest BCUT2D eigenvalue weighted by atomic mass is 10.1. The SMILES string of the molecule is COc1ccc(S(=O)(=O)N2CCN(CC(=O)c3cc(C)[nH]c3C)CC2)cc1OC. The molecule has 1 saturated heterocycles. The van der Waals surface area contributed by atoms with E-state index in [1.54, 1.807) is 6.07 Å². The number of aryl methyl sites for hydroxylation is 2. The normalized spacial score (nSPS) is 16.0. The molecule has 1 aliphatic rings. The maximum atomic E-state index is 13.0. The topological polar surface area (TPSA) is 91.9 Å². The first-order valence-electron chi connectivity index (χ1n) is 9.40. The van der Waals surface area contributed by atoms with Gasteiger partial charge in [0.05, 0.1) is 25.7 Å². The van der Waals surface area contributed by atoms with Gasteiger partial charge in [-0.1, -0.05) is 0 Å². The van der Waals surface area contributed by atoms with Crippen LogP contribution < -0.4 is 9.47 Å². The van der Waals surface area contributed by atoms with Gasteiger partial charge in [0.25, 0.3) is 0 Å². The molecule has 1 aliphatic heterocycles. The number of methoxy groups -OCH3 is 2. The summed E-state index contributed by atoms with van der Waals surface area (Å²) < 4.78 is 37.8. The van der Waals surface area contributed by atoms with E-state index in [4.69, 9.17) is 9.47 Å². The third-order valence-corrected chi connectivity index (χ3v) is 7.04. The predicted molar refractivity (Wildman–Crippen MR) is 109 cm³/mol. The maximum absolute atomic E-state index is 13.0. The Bertz CT molecular complexity index is 992. The van der Waals surface area contributed by atoms with Crippen LogP contribution in [0.4, 0.5) is 0 Å². The van der Waals surface area contributed by atoms with Crippen molar-refractivity contribution < 1.29 is 22.7 Å². The summed E-state index contributed by atoms with van der Waals surface area (Å²) in [4.78, 5) is 17.9. The standard InChI is InChI=1S/C20H27N3O5S/c1-14-11-17(15(2)21-14)18(24)13-22-7-9-23(10-8-22)29(25,26)16-5-6-19(27-3)20(12-16)28-4/h5-6,11-12,21H,7-10,13H2,1-4H3. The van der Waals surface area contributed by atoms with E-state index in [9.17, 15) is 13.2 Å². The molecule has 0 radical (unpaired) electrons. The molecule has 0 spiro atoms. The van der Waals surface area contributed by atoms with Gasteiger partial charge < -0.3 is 14.5 Å². The van der Waals surface area contributed by atoms with E-state index in [1.165, 1.54) is 30.7 Å². The zero-order valence-corrected chi connectivity index (χ0v) is 18.0. The third-order valence-electron chi connectivity index (χ3n) is 5.14. The summed E-state index contributed by atoms with van der Waals surface area (Å²) in [5.74, 6) is 0.892. The first-order chi connectivity index (χ1) is 13.8. The lowest BCUT2D eigenvalue weighted by Gasteiger charge is -2.33. The fourth-order valence-electron chi connectivity index (χ4n) is 3.56. The maximum Gasteiger partial charge on any atom is 0.243 e. The van der Waals surface area contributed by atoms with Crippen LogP contribution in [0, 0.1) is 13.8 Å². The number of nitrogens with zero attached hydrogens (tertiary/aromatic N) is 2. The highest BCUT2D eigenvalue weighted by Gasteiger charge is 2.30. The molecule has 0 bridgehead atoms. The number of benzene rings is 1. The lowest BCUT2D eigenvalue weighted by molar-refractivity contribution is 0.0901. The number of Topliss-reactive ketones (excluding diaryl/α,β-unsaturated/α-hetero) is 1. The molecule has 0 saturated carbocycles. The summed E-state index contributed by atoms with van der Waals surface area (Å²) >= 11 is 0. The molecule has 158 valence electrons. The summed E-state index contributed by atoms with van der Waals surface area (Å²) in [6, 6.07) is 6.43. The Kier molecular flexibility index (Phi) is 6.30. The quantitative estimate of drug-likeness (QED) is 0.686. The number of ether oxygens (including phenoxy) is 2. The summed E-state index contributed by atoms with van der Waals surface area (Å²) in [7, 11) is -0.673. The highest BCUT2D eigenvalue weighted by Crippen LogP contribution is 2.30. The Morgan fingerprint density at radius 3 is 2.24 bits per heavy atom. The molecule has 29 heavy (non-hydrogen) atoms. The summed E-state index contributed by atoms with van der Waals surface area (Å²) in [6.45, 7) is 5.74. The van der Waals surface area contributed by atoms with Crippen molar-refractivity contribution in [2.24, 2.45) is 0 Å². The number of aromatic nitrogens is 1. The Balaban J connectivity index is 1.65. The molecule has 1 aromatic carbocycles. The highest BCUT2D eigenvalue weighted by atomic mass is 32.2. The van der Waals surface area contributed by atoms with Crippen molar-refractivity contribution in [1.29, 1.82) is 0 Å². The number of aromatic amines is 1.